The maximum Gasteiger partial charge on any atom is 0.115 e. The van der Waals surface area contributed by atoms with E-state index in [1.165, 1.54) is 0 Å². The first-order chi connectivity index (χ1) is 4.93. The van der Waals surface area contributed by atoms with E-state index < -0.39 is 0 Å². The van der Waals surface area contributed by atoms with Crippen LogP contribution in [0.15, 0.2) is 17.7 Å². The van der Waals surface area contributed by atoms with Crippen LogP contribution in [0.5, 0.6) is 0 Å². The second-order valence-corrected chi connectivity index (χ2v) is 3.05. The van der Waals surface area contributed by atoms with E-state index in [0.717, 1.165) is 11.4 Å². The van der Waals surface area contributed by atoms with Crippen LogP contribution >= 0.6 is 22.9 Å². The summed E-state index contributed by atoms with van der Waals surface area (Å²) in [5, 5.41) is 3.01. The molecule has 0 N–H and O–H groups in total. The lowest BCUT2D eigenvalue weighted by Crippen LogP contribution is -1.67. The highest BCUT2D eigenvalue weighted by atomic mass is 35.5. The zero-order valence-corrected chi connectivity index (χ0v) is 7.03. The van der Waals surface area contributed by atoms with E-state index in [2.05, 4.69) is 4.98 Å². The Morgan fingerprint density at radius 2 is 2.60 bits per heavy atom. The molecular weight excluding hydrogens is 166 g/mol. The zero-order valence-electron chi connectivity index (χ0n) is 5.46. The molecule has 0 spiro atoms. The molecule has 0 saturated heterocycles. The summed E-state index contributed by atoms with van der Waals surface area (Å²) in [6.45, 7) is 0. The quantitative estimate of drug-likeness (QED) is 0.641. The largest absolute Gasteiger partial charge is 0.245 e. The molecule has 54 valence electrons. The van der Waals surface area contributed by atoms with Crippen LogP contribution in [-0.4, -0.2) is 10.9 Å². The molecule has 1 nitrogen and oxygen atoms in total. The molecular formula is C7H8ClNS. The maximum absolute atomic E-state index is 5.47. The Hall–Kier alpha value is -0.340. The summed E-state index contributed by atoms with van der Waals surface area (Å²) in [7, 11) is 0. The second-order valence-electron chi connectivity index (χ2n) is 1.75. The van der Waals surface area contributed by atoms with Gasteiger partial charge in [0.2, 0.25) is 0 Å². The first-order valence-corrected chi connectivity index (χ1v) is 4.47. The molecule has 0 radical (unpaired) electrons. The molecule has 0 amide bonds. The Labute approximate surface area is 69.4 Å². The van der Waals surface area contributed by atoms with Crippen LogP contribution in [-0.2, 0) is 0 Å². The van der Waals surface area contributed by atoms with Crippen LogP contribution in [0.25, 0.3) is 6.08 Å². The highest BCUT2D eigenvalue weighted by Crippen LogP contribution is 2.06. The number of hydrogen-bond acceptors (Lipinski definition) is 2. The number of nitrogens with zero attached hydrogens (tertiary/aromatic N) is 1. The van der Waals surface area contributed by atoms with Gasteiger partial charge in [-0.1, -0.05) is 6.08 Å². The number of hydrogen-bond donors (Lipinski definition) is 0. The van der Waals surface area contributed by atoms with E-state index in [1.54, 1.807) is 17.5 Å². The topological polar surface area (TPSA) is 12.9 Å². The van der Waals surface area contributed by atoms with Gasteiger partial charge in [-0.2, -0.15) is 0 Å². The number of aromatic nitrogens is 1. The average molecular weight is 174 g/mol. The molecule has 0 aliphatic rings. The molecule has 0 aromatic carbocycles. The van der Waals surface area contributed by atoms with Crippen molar-refractivity contribution in [3.63, 3.8) is 0 Å². The molecule has 10 heavy (non-hydrogen) atoms. The molecule has 0 atom stereocenters. The van der Waals surface area contributed by atoms with Gasteiger partial charge in [0, 0.05) is 17.5 Å². The third kappa shape index (κ3) is 2.50. The van der Waals surface area contributed by atoms with Gasteiger partial charge in [0.1, 0.15) is 5.01 Å². The van der Waals surface area contributed by atoms with Gasteiger partial charge in [-0.05, 0) is 12.5 Å². The van der Waals surface area contributed by atoms with Gasteiger partial charge in [0.25, 0.3) is 0 Å². The van der Waals surface area contributed by atoms with Gasteiger partial charge in [0.15, 0.2) is 0 Å². The molecule has 1 heterocycles. The number of halogens is 1. The molecule has 1 aromatic heterocycles. The number of thiazole rings is 1. The van der Waals surface area contributed by atoms with Crippen LogP contribution in [0.1, 0.15) is 11.4 Å². The third-order valence-corrected chi connectivity index (χ3v) is 1.95. The predicted molar refractivity (Wildman–Crippen MR) is 46.5 cm³/mol. The number of alkyl halides is 1. The van der Waals surface area contributed by atoms with Crippen LogP contribution in [0, 0.1) is 0 Å². The molecule has 1 aromatic rings. The summed E-state index contributed by atoms with van der Waals surface area (Å²) in [6.07, 6.45) is 6.74. The van der Waals surface area contributed by atoms with E-state index in [4.69, 9.17) is 11.6 Å². The van der Waals surface area contributed by atoms with Crippen molar-refractivity contribution in [3.05, 3.63) is 22.7 Å². The van der Waals surface area contributed by atoms with E-state index in [9.17, 15) is 0 Å². The lowest BCUT2D eigenvalue weighted by molar-refractivity contribution is 1.24. The maximum atomic E-state index is 5.47. The fourth-order valence-corrected chi connectivity index (χ4v) is 1.25. The van der Waals surface area contributed by atoms with Crippen LogP contribution in [0.3, 0.4) is 0 Å². The molecule has 3 heteroatoms. The summed E-state index contributed by atoms with van der Waals surface area (Å²) in [5.74, 6) is 0.682. The van der Waals surface area contributed by atoms with Crippen molar-refractivity contribution < 1.29 is 0 Å². The minimum absolute atomic E-state index is 0.682. The Bertz CT molecular complexity index is 193. The van der Waals surface area contributed by atoms with Crippen LogP contribution < -0.4 is 0 Å². The van der Waals surface area contributed by atoms with Crippen molar-refractivity contribution >= 4 is 29.0 Å². The van der Waals surface area contributed by atoms with Gasteiger partial charge >= 0.3 is 0 Å². The van der Waals surface area contributed by atoms with Crippen molar-refractivity contribution in [2.75, 3.05) is 5.88 Å². The highest BCUT2D eigenvalue weighted by molar-refractivity contribution is 7.10. The SMILES string of the molecule is ClCCC=Cc1nccs1. The van der Waals surface area contributed by atoms with Crippen molar-refractivity contribution in [2.24, 2.45) is 0 Å². The van der Waals surface area contributed by atoms with Crippen molar-refractivity contribution in [1.29, 1.82) is 0 Å². The van der Waals surface area contributed by atoms with Gasteiger partial charge in [0.05, 0.1) is 0 Å². The fourth-order valence-electron chi connectivity index (χ4n) is 0.564. The predicted octanol–water partition coefficient (Wildman–Crippen LogP) is 2.79. The Kier molecular flexibility index (Phi) is 3.47. The molecule has 0 fully saturated rings. The van der Waals surface area contributed by atoms with Gasteiger partial charge < -0.3 is 0 Å². The Morgan fingerprint density at radius 1 is 1.70 bits per heavy atom. The summed E-state index contributed by atoms with van der Waals surface area (Å²) in [6, 6.07) is 0. The van der Waals surface area contributed by atoms with Crippen molar-refractivity contribution in [1.82, 2.24) is 4.98 Å². The lowest BCUT2D eigenvalue weighted by atomic mass is 10.4. The first-order valence-electron chi connectivity index (χ1n) is 3.05. The third-order valence-electron chi connectivity index (χ3n) is 0.988. The first kappa shape index (κ1) is 7.76. The summed E-state index contributed by atoms with van der Waals surface area (Å²) in [5.41, 5.74) is 0. The summed E-state index contributed by atoms with van der Waals surface area (Å²) < 4.78 is 0. The minimum atomic E-state index is 0.682. The van der Waals surface area contributed by atoms with E-state index in [1.807, 2.05) is 17.5 Å². The van der Waals surface area contributed by atoms with Gasteiger partial charge in [-0.15, -0.1) is 22.9 Å². The highest BCUT2D eigenvalue weighted by Gasteiger charge is 1.84. The normalized spacial score (nSPS) is 10.9. The van der Waals surface area contributed by atoms with E-state index in [0.29, 0.717) is 5.88 Å². The van der Waals surface area contributed by atoms with Gasteiger partial charge in [-0.3, -0.25) is 0 Å². The average Bonchev–Trinajstić information content (AvgIpc) is 2.41. The van der Waals surface area contributed by atoms with Crippen molar-refractivity contribution in [3.8, 4) is 0 Å². The fraction of sp³-hybridized carbons (Fsp3) is 0.286. The standard InChI is InChI=1S/C7H8ClNS/c8-4-2-1-3-7-9-5-6-10-7/h1,3,5-6H,2,4H2. The number of rotatable bonds is 3. The monoisotopic (exact) mass is 173 g/mol. The molecule has 0 aliphatic heterocycles. The van der Waals surface area contributed by atoms with E-state index in [-0.39, 0.29) is 0 Å². The van der Waals surface area contributed by atoms with Crippen molar-refractivity contribution in [2.45, 2.75) is 6.42 Å². The summed E-state index contributed by atoms with van der Waals surface area (Å²) in [4.78, 5) is 4.08. The summed E-state index contributed by atoms with van der Waals surface area (Å²) >= 11 is 7.11. The molecule has 1 rings (SSSR count). The van der Waals surface area contributed by atoms with Crippen LogP contribution in [0.4, 0.5) is 0 Å². The van der Waals surface area contributed by atoms with Crippen LogP contribution in [0.2, 0.25) is 0 Å². The lowest BCUT2D eigenvalue weighted by Gasteiger charge is -1.80. The molecule has 0 unspecified atom stereocenters. The minimum Gasteiger partial charge on any atom is -0.245 e. The van der Waals surface area contributed by atoms with E-state index >= 15 is 0 Å². The zero-order chi connectivity index (χ0) is 7.23. The van der Waals surface area contributed by atoms with Gasteiger partial charge in [-0.25, -0.2) is 4.98 Å². The number of allylic oxidation sites excluding steroid dienone is 1. The molecule has 0 aliphatic carbocycles. The second kappa shape index (κ2) is 4.47. The Balaban J connectivity index is 2.40. The smallest absolute Gasteiger partial charge is 0.115 e. The molecule has 0 bridgehead atoms. The Morgan fingerprint density at radius 3 is 3.20 bits per heavy atom. The molecule has 0 saturated carbocycles.